The van der Waals surface area contributed by atoms with Crippen molar-refractivity contribution in [3.05, 3.63) is 70.9 Å². The quantitative estimate of drug-likeness (QED) is 0.251. The Morgan fingerprint density at radius 1 is 1.00 bits per heavy atom. The molecule has 1 heterocycles. The molecule has 1 fully saturated rings. The van der Waals surface area contributed by atoms with Gasteiger partial charge in [-0.3, -0.25) is 4.79 Å². The zero-order valence-corrected chi connectivity index (χ0v) is 24.0. The van der Waals surface area contributed by atoms with Crippen molar-refractivity contribution < 1.29 is 14.3 Å². The first-order chi connectivity index (χ1) is 18.2. The fourth-order valence-electron chi connectivity index (χ4n) is 3.90. The van der Waals surface area contributed by atoms with Crippen LogP contribution in [0.5, 0.6) is 11.5 Å². The van der Waals surface area contributed by atoms with E-state index in [1.165, 1.54) is 5.56 Å². The number of anilines is 1. The highest BCUT2D eigenvalue weighted by Crippen LogP contribution is 2.30. The van der Waals surface area contributed by atoms with Gasteiger partial charge in [0.2, 0.25) is 0 Å². The minimum absolute atomic E-state index is 0.00803. The first-order valence-electron chi connectivity index (χ1n) is 13.0. The summed E-state index contributed by atoms with van der Waals surface area (Å²) in [4.78, 5) is 24.2. The number of methoxy groups -OCH3 is 2. The van der Waals surface area contributed by atoms with Crippen molar-refractivity contribution in [1.29, 1.82) is 0 Å². The largest absolute Gasteiger partial charge is 0.493 e. The van der Waals surface area contributed by atoms with Gasteiger partial charge in [-0.05, 0) is 54.7 Å². The lowest BCUT2D eigenvalue weighted by Gasteiger charge is -2.23. The SMILES string of the molecule is COc1ccc(CCN(C)c2cc(C(C)(C)C)nc(SCc3ccc(C(=O)NC4CC4)cc3)n2)cc1OC. The Kier molecular flexibility index (Phi) is 8.82. The molecule has 0 bridgehead atoms. The highest BCUT2D eigenvalue weighted by Gasteiger charge is 2.24. The third kappa shape index (κ3) is 7.40. The zero-order valence-electron chi connectivity index (χ0n) is 23.2. The van der Waals surface area contributed by atoms with Crippen LogP contribution in [0.15, 0.2) is 53.7 Å². The molecule has 1 N–H and O–H groups in total. The molecule has 1 amide bonds. The number of carbonyl (C=O) groups is 1. The van der Waals surface area contributed by atoms with Gasteiger partial charge in [0.05, 0.1) is 19.9 Å². The molecular weight excluding hydrogens is 496 g/mol. The summed E-state index contributed by atoms with van der Waals surface area (Å²) in [5, 5.41) is 3.79. The van der Waals surface area contributed by atoms with E-state index in [1.807, 2.05) is 36.4 Å². The molecule has 2 aromatic carbocycles. The van der Waals surface area contributed by atoms with E-state index in [1.54, 1.807) is 26.0 Å². The van der Waals surface area contributed by atoms with Gasteiger partial charge in [-0.2, -0.15) is 0 Å². The number of rotatable bonds is 11. The van der Waals surface area contributed by atoms with Crippen LogP contribution in [0.3, 0.4) is 0 Å². The summed E-state index contributed by atoms with van der Waals surface area (Å²) in [7, 11) is 5.36. The molecule has 3 aromatic rings. The van der Waals surface area contributed by atoms with E-state index < -0.39 is 0 Å². The second-order valence-electron chi connectivity index (χ2n) is 10.7. The summed E-state index contributed by atoms with van der Waals surface area (Å²) in [6, 6.07) is 16.3. The van der Waals surface area contributed by atoms with Crippen molar-refractivity contribution in [2.75, 3.05) is 32.7 Å². The third-order valence-electron chi connectivity index (χ3n) is 6.53. The number of hydrogen-bond donors (Lipinski definition) is 1. The molecule has 202 valence electrons. The highest BCUT2D eigenvalue weighted by molar-refractivity contribution is 7.98. The van der Waals surface area contributed by atoms with Crippen LogP contribution < -0.4 is 19.7 Å². The predicted molar refractivity (Wildman–Crippen MR) is 154 cm³/mol. The summed E-state index contributed by atoms with van der Waals surface area (Å²) in [5.41, 5.74) is 3.91. The molecule has 0 unspecified atom stereocenters. The Labute approximate surface area is 230 Å². The maximum Gasteiger partial charge on any atom is 0.251 e. The van der Waals surface area contributed by atoms with Crippen LogP contribution in [0.2, 0.25) is 0 Å². The van der Waals surface area contributed by atoms with E-state index in [0.717, 1.165) is 65.3 Å². The number of amides is 1. The number of aromatic nitrogens is 2. The number of nitrogens with one attached hydrogen (secondary N) is 1. The van der Waals surface area contributed by atoms with Gasteiger partial charge in [0.15, 0.2) is 16.7 Å². The van der Waals surface area contributed by atoms with Gasteiger partial charge in [-0.15, -0.1) is 0 Å². The molecule has 1 aliphatic carbocycles. The predicted octanol–water partition coefficient (Wildman–Crippen LogP) is 5.65. The summed E-state index contributed by atoms with van der Waals surface area (Å²) >= 11 is 1.61. The van der Waals surface area contributed by atoms with E-state index >= 15 is 0 Å². The zero-order chi connectivity index (χ0) is 27.3. The number of benzene rings is 2. The number of nitrogens with zero attached hydrogens (tertiary/aromatic N) is 3. The fourth-order valence-corrected chi connectivity index (χ4v) is 4.71. The molecule has 0 radical (unpaired) electrons. The van der Waals surface area contributed by atoms with Crippen LogP contribution >= 0.6 is 11.8 Å². The van der Waals surface area contributed by atoms with E-state index in [0.29, 0.717) is 11.6 Å². The maximum absolute atomic E-state index is 12.3. The monoisotopic (exact) mass is 534 g/mol. The Hall–Kier alpha value is -3.26. The molecule has 0 saturated heterocycles. The summed E-state index contributed by atoms with van der Waals surface area (Å²) < 4.78 is 10.8. The molecule has 4 rings (SSSR count). The van der Waals surface area contributed by atoms with Crippen molar-refractivity contribution in [3.63, 3.8) is 0 Å². The van der Waals surface area contributed by atoms with Crippen LogP contribution in [-0.2, 0) is 17.6 Å². The van der Waals surface area contributed by atoms with Gasteiger partial charge >= 0.3 is 0 Å². The number of carbonyl (C=O) groups excluding carboxylic acids is 1. The molecular formula is C30H38N4O3S. The normalized spacial score (nSPS) is 13.2. The lowest BCUT2D eigenvalue weighted by molar-refractivity contribution is 0.0951. The number of ether oxygens (including phenoxy) is 2. The lowest BCUT2D eigenvalue weighted by atomic mass is 9.92. The van der Waals surface area contributed by atoms with Gasteiger partial charge in [-0.25, -0.2) is 9.97 Å². The standard InChI is InChI=1S/C30H38N4O3S/c1-30(2,3)26-18-27(34(4)16-15-20-9-14-24(36-5)25(17-20)37-6)33-29(32-26)38-19-21-7-10-22(11-8-21)28(35)31-23-12-13-23/h7-11,14,17-18,23H,12-13,15-16,19H2,1-6H3,(H,31,35). The second kappa shape index (κ2) is 12.1. The summed E-state index contributed by atoms with van der Waals surface area (Å²) in [6.07, 6.45) is 3.01. The molecule has 1 aliphatic rings. The smallest absolute Gasteiger partial charge is 0.251 e. The van der Waals surface area contributed by atoms with Crippen LogP contribution in [0.4, 0.5) is 5.82 Å². The van der Waals surface area contributed by atoms with E-state index in [-0.39, 0.29) is 11.3 Å². The van der Waals surface area contributed by atoms with Crippen LogP contribution in [-0.4, -0.2) is 49.7 Å². The topological polar surface area (TPSA) is 76.6 Å². The molecule has 1 aromatic heterocycles. The maximum atomic E-state index is 12.3. The molecule has 1 saturated carbocycles. The molecule has 38 heavy (non-hydrogen) atoms. The number of thioether (sulfide) groups is 1. The average Bonchev–Trinajstić information content (AvgIpc) is 3.74. The number of likely N-dealkylation sites (N-methyl/N-ethyl adjacent to an activating group) is 1. The van der Waals surface area contributed by atoms with Crippen molar-refractivity contribution in [2.24, 2.45) is 0 Å². The highest BCUT2D eigenvalue weighted by atomic mass is 32.2. The summed E-state index contributed by atoms with van der Waals surface area (Å²) in [6.45, 7) is 7.30. The van der Waals surface area contributed by atoms with Gasteiger partial charge in [-0.1, -0.05) is 50.7 Å². The Morgan fingerprint density at radius 2 is 1.68 bits per heavy atom. The van der Waals surface area contributed by atoms with E-state index in [2.05, 4.69) is 50.2 Å². The van der Waals surface area contributed by atoms with Crippen molar-refractivity contribution in [3.8, 4) is 11.5 Å². The van der Waals surface area contributed by atoms with Crippen molar-refractivity contribution in [1.82, 2.24) is 15.3 Å². The van der Waals surface area contributed by atoms with E-state index in [4.69, 9.17) is 19.4 Å². The third-order valence-corrected chi connectivity index (χ3v) is 7.45. The van der Waals surface area contributed by atoms with E-state index in [9.17, 15) is 4.79 Å². The number of hydrogen-bond acceptors (Lipinski definition) is 7. The van der Waals surface area contributed by atoms with Crippen LogP contribution in [0.1, 0.15) is 60.8 Å². The van der Waals surface area contributed by atoms with Gasteiger partial charge in [0, 0.05) is 42.4 Å². The summed E-state index contributed by atoms with van der Waals surface area (Å²) in [5.74, 6) is 3.11. The van der Waals surface area contributed by atoms with Gasteiger partial charge < -0.3 is 19.7 Å². The minimum atomic E-state index is -0.103. The Bertz CT molecular complexity index is 1250. The van der Waals surface area contributed by atoms with Crippen LogP contribution in [0, 0.1) is 0 Å². The second-order valence-corrected chi connectivity index (χ2v) is 11.7. The van der Waals surface area contributed by atoms with Gasteiger partial charge in [0.25, 0.3) is 5.91 Å². The van der Waals surface area contributed by atoms with Crippen LogP contribution in [0.25, 0.3) is 0 Å². The van der Waals surface area contributed by atoms with Crippen molar-refractivity contribution in [2.45, 2.75) is 62.4 Å². The minimum Gasteiger partial charge on any atom is -0.493 e. The lowest BCUT2D eigenvalue weighted by Crippen LogP contribution is -2.25. The average molecular weight is 535 g/mol. The first-order valence-corrected chi connectivity index (χ1v) is 14.0. The molecule has 7 nitrogen and oxygen atoms in total. The Morgan fingerprint density at radius 3 is 2.32 bits per heavy atom. The fraction of sp³-hybridized carbons (Fsp3) is 0.433. The molecule has 8 heteroatoms. The van der Waals surface area contributed by atoms with Gasteiger partial charge in [0.1, 0.15) is 5.82 Å². The first kappa shape index (κ1) is 27.8. The molecule has 0 spiro atoms. The molecule has 0 aliphatic heterocycles. The Balaban J connectivity index is 1.43. The van der Waals surface area contributed by atoms with Crippen molar-refractivity contribution >= 4 is 23.5 Å². The molecule has 0 atom stereocenters.